The van der Waals surface area contributed by atoms with E-state index < -0.39 is 12.1 Å². The Balaban J connectivity index is 4.83. The molecule has 100 valence electrons. The van der Waals surface area contributed by atoms with Crippen molar-refractivity contribution in [1.29, 1.82) is 0 Å². The first kappa shape index (κ1) is 15.9. The van der Waals surface area contributed by atoms with Crippen LogP contribution in [0, 0.1) is 0 Å². The molecule has 0 aliphatic heterocycles. The van der Waals surface area contributed by atoms with Gasteiger partial charge in [0.05, 0.1) is 20.8 Å². The Labute approximate surface area is 101 Å². The Morgan fingerprint density at radius 3 is 2.06 bits per heavy atom. The standard InChI is InChI=1S/C11H20O6/c1-13-7-10(16-4)8(14-2)6-9(15-3)11(12)17-5/h6,8,10H,7H2,1-5H3/b9-6-/t8-,10+/m0/s1. The van der Waals surface area contributed by atoms with Gasteiger partial charge < -0.3 is 23.7 Å². The quantitative estimate of drug-likeness (QED) is 0.351. The highest BCUT2D eigenvalue weighted by Crippen LogP contribution is 2.10. The number of rotatable bonds is 8. The molecule has 0 bridgehead atoms. The van der Waals surface area contributed by atoms with Crippen molar-refractivity contribution in [2.75, 3.05) is 42.2 Å². The lowest BCUT2D eigenvalue weighted by molar-refractivity contribution is -0.139. The highest BCUT2D eigenvalue weighted by molar-refractivity contribution is 5.86. The van der Waals surface area contributed by atoms with E-state index in [1.807, 2.05) is 0 Å². The van der Waals surface area contributed by atoms with Gasteiger partial charge in [0, 0.05) is 21.3 Å². The van der Waals surface area contributed by atoms with E-state index in [1.54, 1.807) is 7.11 Å². The Morgan fingerprint density at radius 2 is 1.71 bits per heavy atom. The number of methoxy groups -OCH3 is 5. The van der Waals surface area contributed by atoms with Crippen molar-refractivity contribution in [1.82, 2.24) is 0 Å². The molecule has 0 N–H and O–H groups in total. The maximum Gasteiger partial charge on any atom is 0.373 e. The molecule has 0 unspecified atom stereocenters. The number of carbonyl (C=O) groups is 1. The molecule has 0 aliphatic carbocycles. The van der Waals surface area contributed by atoms with Crippen molar-refractivity contribution in [2.45, 2.75) is 12.2 Å². The molecule has 2 atom stereocenters. The number of esters is 1. The number of hydrogen-bond donors (Lipinski definition) is 0. The lowest BCUT2D eigenvalue weighted by Crippen LogP contribution is -2.33. The highest BCUT2D eigenvalue weighted by Gasteiger charge is 2.22. The molecule has 0 saturated heterocycles. The Kier molecular flexibility index (Phi) is 8.39. The van der Waals surface area contributed by atoms with E-state index in [9.17, 15) is 4.79 Å². The van der Waals surface area contributed by atoms with Crippen LogP contribution in [-0.2, 0) is 28.5 Å². The summed E-state index contributed by atoms with van der Waals surface area (Å²) >= 11 is 0. The molecule has 6 nitrogen and oxygen atoms in total. The summed E-state index contributed by atoms with van der Waals surface area (Å²) in [5.74, 6) is -0.501. The summed E-state index contributed by atoms with van der Waals surface area (Å²) in [5.41, 5.74) is 0. The third-order valence-corrected chi connectivity index (χ3v) is 2.19. The summed E-state index contributed by atoms with van der Waals surface area (Å²) in [6.45, 7) is 0.337. The molecular formula is C11H20O6. The molecule has 0 amide bonds. The van der Waals surface area contributed by atoms with Crippen LogP contribution in [0.2, 0.25) is 0 Å². The van der Waals surface area contributed by atoms with Gasteiger partial charge in [-0.15, -0.1) is 0 Å². The van der Waals surface area contributed by atoms with E-state index in [0.717, 1.165) is 0 Å². The molecular weight excluding hydrogens is 228 g/mol. The molecule has 0 rings (SSSR count). The smallest absolute Gasteiger partial charge is 0.373 e. The monoisotopic (exact) mass is 248 g/mol. The van der Waals surface area contributed by atoms with Crippen molar-refractivity contribution in [3.8, 4) is 0 Å². The molecule has 0 aromatic heterocycles. The molecule has 0 spiro atoms. The van der Waals surface area contributed by atoms with E-state index in [2.05, 4.69) is 4.74 Å². The van der Waals surface area contributed by atoms with Crippen molar-refractivity contribution in [3.05, 3.63) is 11.8 Å². The van der Waals surface area contributed by atoms with Crippen molar-refractivity contribution < 1.29 is 28.5 Å². The molecule has 0 fully saturated rings. The van der Waals surface area contributed by atoms with Gasteiger partial charge in [-0.25, -0.2) is 4.79 Å². The maximum absolute atomic E-state index is 11.3. The Bertz CT molecular complexity index is 250. The van der Waals surface area contributed by atoms with Crippen LogP contribution >= 0.6 is 0 Å². The van der Waals surface area contributed by atoms with Crippen LogP contribution in [0.1, 0.15) is 0 Å². The largest absolute Gasteiger partial charge is 0.490 e. The summed E-state index contributed by atoms with van der Waals surface area (Å²) in [7, 11) is 7.26. The zero-order chi connectivity index (χ0) is 13.3. The Hall–Kier alpha value is -1.11. The number of hydrogen-bond acceptors (Lipinski definition) is 6. The average Bonchev–Trinajstić information content (AvgIpc) is 2.37. The van der Waals surface area contributed by atoms with E-state index in [4.69, 9.17) is 18.9 Å². The van der Waals surface area contributed by atoms with Crippen LogP contribution in [0.15, 0.2) is 11.8 Å². The first-order valence-electron chi connectivity index (χ1n) is 5.03. The third kappa shape index (κ3) is 5.16. The van der Waals surface area contributed by atoms with Gasteiger partial charge in [-0.2, -0.15) is 0 Å². The zero-order valence-electron chi connectivity index (χ0n) is 10.9. The van der Waals surface area contributed by atoms with E-state index in [0.29, 0.717) is 6.61 Å². The fourth-order valence-electron chi connectivity index (χ4n) is 1.26. The van der Waals surface area contributed by atoms with Crippen LogP contribution < -0.4 is 0 Å². The second-order valence-corrected chi connectivity index (χ2v) is 3.16. The lowest BCUT2D eigenvalue weighted by Gasteiger charge is -2.22. The molecule has 17 heavy (non-hydrogen) atoms. The van der Waals surface area contributed by atoms with Crippen LogP contribution in [0.25, 0.3) is 0 Å². The maximum atomic E-state index is 11.3. The fraction of sp³-hybridized carbons (Fsp3) is 0.727. The lowest BCUT2D eigenvalue weighted by atomic mass is 10.2. The molecule has 0 saturated carbocycles. The second-order valence-electron chi connectivity index (χ2n) is 3.16. The van der Waals surface area contributed by atoms with Gasteiger partial charge in [0.2, 0.25) is 5.76 Å². The van der Waals surface area contributed by atoms with Crippen molar-refractivity contribution >= 4 is 5.97 Å². The van der Waals surface area contributed by atoms with Gasteiger partial charge >= 0.3 is 5.97 Å². The summed E-state index contributed by atoms with van der Waals surface area (Å²) in [4.78, 5) is 11.3. The fourth-order valence-corrected chi connectivity index (χ4v) is 1.26. The molecule has 0 aromatic carbocycles. The van der Waals surface area contributed by atoms with Crippen molar-refractivity contribution in [2.24, 2.45) is 0 Å². The Morgan fingerprint density at radius 1 is 1.06 bits per heavy atom. The van der Waals surface area contributed by atoms with Crippen LogP contribution in [0.4, 0.5) is 0 Å². The van der Waals surface area contributed by atoms with Gasteiger partial charge in [0.25, 0.3) is 0 Å². The third-order valence-electron chi connectivity index (χ3n) is 2.19. The van der Waals surface area contributed by atoms with E-state index in [1.165, 1.54) is 34.5 Å². The highest BCUT2D eigenvalue weighted by atomic mass is 16.6. The number of carbonyl (C=O) groups excluding carboxylic acids is 1. The predicted octanol–water partition coefficient (Wildman–Crippen LogP) is 0.366. The molecule has 6 heteroatoms. The summed E-state index contributed by atoms with van der Waals surface area (Å²) in [5, 5.41) is 0. The predicted molar refractivity (Wildman–Crippen MR) is 60.6 cm³/mol. The molecule has 0 aliphatic rings. The van der Waals surface area contributed by atoms with Gasteiger partial charge in [0.1, 0.15) is 12.2 Å². The zero-order valence-corrected chi connectivity index (χ0v) is 10.9. The van der Waals surface area contributed by atoms with Crippen LogP contribution in [0.5, 0.6) is 0 Å². The van der Waals surface area contributed by atoms with Crippen molar-refractivity contribution in [3.63, 3.8) is 0 Å². The minimum absolute atomic E-state index is 0.0671. The number of ether oxygens (including phenoxy) is 5. The van der Waals surface area contributed by atoms with Gasteiger partial charge in [-0.1, -0.05) is 0 Å². The first-order chi connectivity index (χ1) is 8.14. The minimum atomic E-state index is -0.568. The summed E-state index contributed by atoms with van der Waals surface area (Å²) in [6, 6.07) is 0. The first-order valence-corrected chi connectivity index (χ1v) is 5.03. The minimum Gasteiger partial charge on any atom is -0.490 e. The summed E-state index contributed by atoms with van der Waals surface area (Å²) in [6.07, 6.45) is 0.702. The van der Waals surface area contributed by atoms with Gasteiger partial charge in [0.15, 0.2) is 0 Å². The second kappa shape index (κ2) is 8.98. The molecule has 0 radical (unpaired) electrons. The molecule has 0 aromatic rings. The average molecular weight is 248 g/mol. The summed E-state index contributed by atoms with van der Waals surface area (Å²) < 4.78 is 24.9. The van der Waals surface area contributed by atoms with E-state index in [-0.39, 0.29) is 11.9 Å². The van der Waals surface area contributed by atoms with Crippen LogP contribution in [-0.4, -0.2) is 60.3 Å². The molecule has 0 heterocycles. The van der Waals surface area contributed by atoms with Gasteiger partial charge in [-0.05, 0) is 6.08 Å². The SMILES string of the molecule is COC[C@@H](OC)[C@H](/C=C(\OC)C(=O)OC)OC. The topological polar surface area (TPSA) is 63.2 Å². The normalized spacial score (nSPS) is 15.2. The van der Waals surface area contributed by atoms with E-state index >= 15 is 0 Å². The van der Waals surface area contributed by atoms with Crippen LogP contribution in [0.3, 0.4) is 0 Å². The van der Waals surface area contributed by atoms with Gasteiger partial charge in [-0.3, -0.25) is 0 Å².